The first kappa shape index (κ1) is 30.4. The summed E-state index contributed by atoms with van der Waals surface area (Å²) < 4.78 is 18.2. The molecule has 2 fully saturated rings. The Kier molecular flexibility index (Phi) is 9.06. The molecular weight excluding hydrogens is 584 g/mol. The number of ether oxygens (including phenoxy) is 2. The summed E-state index contributed by atoms with van der Waals surface area (Å²) in [6.45, 7) is 7.62. The number of aliphatic hydroxyl groups is 1. The van der Waals surface area contributed by atoms with Crippen molar-refractivity contribution in [2.45, 2.75) is 38.0 Å². The molecule has 1 unspecified atom stereocenters. The summed E-state index contributed by atoms with van der Waals surface area (Å²) in [5, 5.41) is 23.9. The Morgan fingerprint density at radius 1 is 1.16 bits per heavy atom. The summed E-state index contributed by atoms with van der Waals surface area (Å²) in [5.41, 5.74) is 2.57. The number of hydrogen-bond donors (Lipinski definition) is 4. The topological polar surface area (TPSA) is 140 Å². The first-order valence-electron chi connectivity index (χ1n) is 15.0. The molecule has 0 aliphatic carbocycles. The van der Waals surface area contributed by atoms with E-state index >= 15 is 0 Å². The molecule has 1 spiro atoms. The molecule has 1 atom stereocenters. The molecule has 12 heteroatoms. The van der Waals surface area contributed by atoms with Crippen LogP contribution in [0.5, 0.6) is 11.5 Å². The Hall–Kier alpha value is -3.68. The number of piperidine rings is 1. The van der Waals surface area contributed by atoms with Crippen LogP contribution in [0.3, 0.4) is 0 Å². The summed E-state index contributed by atoms with van der Waals surface area (Å²) in [6, 6.07) is 12.8. The third-order valence-electron chi connectivity index (χ3n) is 8.57. The third kappa shape index (κ3) is 6.69. The second-order valence-corrected chi connectivity index (χ2v) is 12.5. The van der Waals surface area contributed by atoms with Crippen molar-refractivity contribution in [1.82, 2.24) is 20.1 Å². The largest absolute Gasteiger partial charge is 0.506 e. The molecule has 4 aromatic rings. The number of morpholine rings is 1. The zero-order valence-corrected chi connectivity index (χ0v) is 25.5. The van der Waals surface area contributed by atoms with Crippen LogP contribution >= 0.6 is 11.3 Å². The lowest BCUT2D eigenvalue weighted by molar-refractivity contribution is -0.127. The molecule has 44 heavy (non-hydrogen) atoms. The highest BCUT2D eigenvalue weighted by Gasteiger charge is 2.41. The first-order valence-corrected chi connectivity index (χ1v) is 15.8. The van der Waals surface area contributed by atoms with E-state index in [1.54, 1.807) is 12.3 Å². The summed E-state index contributed by atoms with van der Waals surface area (Å²) in [6.07, 6.45) is 2.47. The molecule has 0 saturated carbocycles. The number of nitrogens with one attached hydrogen (secondary N) is 2. The fourth-order valence-corrected chi connectivity index (χ4v) is 6.92. The van der Waals surface area contributed by atoms with Gasteiger partial charge in [0.05, 0.1) is 35.8 Å². The van der Waals surface area contributed by atoms with Gasteiger partial charge >= 0.3 is 4.87 Å². The van der Waals surface area contributed by atoms with Crippen molar-refractivity contribution in [1.29, 1.82) is 0 Å². The molecule has 2 aromatic heterocycles. The first-order chi connectivity index (χ1) is 21.3. The number of amides is 1. The molecule has 0 bridgehead atoms. The van der Waals surface area contributed by atoms with Crippen LogP contribution in [-0.4, -0.2) is 89.0 Å². The van der Waals surface area contributed by atoms with Gasteiger partial charge in [-0.25, -0.2) is 0 Å². The lowest BCUT2D eigenvalue weighted by atomic mass is 9.89. The fraction of sp³-hybridized carbons (Fsp3) is 0.438. The van der Waals surface area contributed by atoms with Crippen molar-refractivity contribution >= 4 is 27.5 Å². The number of aromatic nitrogens is 1. The van der Waals surface area contributed by atoms with Crippen LogP contribution in [0.25, 0.3) is 10.2 Å². The van der Waals surface area contributed by atoms with Gasteiger partial charge in [-0.15, -0.1) is 0 Å². The number of likely N-dealkylation sites (tertiary alicyclic amines) is 1. The van der Waals surface area contributed by atoms with E-state index in [1.165, 1.54) is 6.07 Å². The molecule has 234 valence electrons. The number of fused-ring (bicyclic) bond motifs is 1. The summed E-state index contributed by atoms with van der Waals surface area (Å²) in [7, 11) is 0. The van der Waals surface area contributed by atoms with Gasteiger partial charge < -0.3 is 39.3 Å². The highest BCUT2D eigenvalue weighted by atomic mass is 32.1. The molecular formula is C32H38N4O7S. The molecule has 4 heterocycles. The van der Waals surface area contributed by atoms with Gasteiger partial charge in [0, 0.05) is 50.4 Å². The average Bonchev–Trinajstić information content (AvgIpc) is 3.64. The van der Waals surface area contributed by atoms with E-state index in [-0.39, 0.29) is 22.1 Å². The van der Waals surface area contributed by atoms with Crippen LogP contribution in [0, 0.1) is 6.92 Å². The third-order valence-corrected chi connectivity index (χ3v) is 9.50. The number of aromatic amines is 1. The van der Waals surface area contributed by atoms with E-state index in [0.29, 0.717) is 60.9 Å². The number of aliphatic hydroxyl groups excluding tert-OH is 1. The second kappa shape index (κ2) is 13.1. The van der Waals surface area contributed by atoms with Crippen molar-refractivity contribution in [3.05, 3.63) is 80.8 Å². The van der Waals surface area contributed by atoms with Crippen LogP contribution in [0.2, 0.25) is 0 Å². The Labute approximate surface area is 259 Å². The zero-order chi connectivity index (χ0) is 30.7. The van der Waals surface area contributed by atoms with Crippen molar-refractivity contribution < 1.29 is 28.9 Å². The highest BCUT2D eigenvalue weighted by molar-refractivity contribution is 7.16. The van der Waals surface area contributed by atoms with E-state index in [0.717, 1.165) is 60.7 Å². The number of rotatable bonds is 10. The summed E-state index contributed by atoms with van der Waals surface area (Å²) in [4.78, 5) is 31.3. The van der Waals surface area contributed by atoms with Gasteiger partial charge in [-0.3, -0.25) is 14.5 Å². The highest BCUT2D eigenvalue weighted by Crippen LogP contribution is 2.32. The van der Waals surface area contributed by atoms with Gasteiger partial charge in [-0.2, -0.15) is 0 Å². The maximum absolute atomic E-state index is 13.0. The molecule has 2 aliphatic rings. The minimum absolute atomic E-state index is 0.00865. The Bertz CT molecular complexity index is 1640. The quantitative estimate of drug-likeness (QED) is 0.210. The molecule has 4 N–H and O–H groups in total. The standard InChI is InChI=1S/C32H38N4O7S/c1-21-8-15-42-28(21)30(39)36-14-17-43-32(20-36)9-11-35(12-10-32)13-16-41-23-4-2-22(3-5-23)18-33-19-26(38)24-6-7-25(37)27-29(24)44-31(40)34-27/h2-8,15,26,33,37-38H,9-14,16-20H2,1H3,(H,34,40). The Balaban J connectivity index is 0.912. The molecule has 6 rings (SSSR count). The number of carbonyl (C=O) groups is 1. The van der Waals surface area contributed by atoms with Gasteiger partial charge in [0.15, 0.2) is 5.76 Å². The van der Waals surface area contributed by atoms with Crippen LogP contribution in [-0.2, 0) is 11.3 Å². The average molecular weight is 623 g/mol. The lowest BCUT2D eigenvalue weighted by Gasteiger charge is -2.47. The molecule has 11 nitrogen and oxygen atoms in total. The van der Waals surface area contributed by atoms with E-state index in [4.69, 9.17) is 13.9 Å². The summed E-state index contributed by atoms with van der Waals surface area (Å²) in [5.74, 6) is 1.16. The fourth-order valence-electron chi connectivity index (χ4n) is 6.00. The van der Waals surface area contributed by atoms with Crippen LogP contribution in [0.15, 0.2) is 57.9 Å². The van der Waals surface area contributed by atoms with Crippen molar-refractivity contribution in [3.63, 3.8) is 0 Å². The van der Waals surface area contributed by atoms with Crippen molar-refractivity contribution in [2.24, 2.45) is 0 Å². The van der Waals surface area contributed by atoms with Crippen LogP contribution in [0.1, 0.15) is 46.2 Å². The second-order valence-electron chi connectivity index (χ2n) is 11.6. The maximum Gasteiger partial charge on any atom is 0.305 e. The van der Waals surface area contributed by atoms with E-state index in [1.807, 2.05) is 42.2 Å². The number of benzene rings is 2. The monoisotopic (exact) mass is 622 g/mol. The number of phenols is 1. The SMILES string of the molecule is Cc1ccoc1C(=O)N1CCOC2(CCN(CCOc3ccc(CNCC(O)c4ccc(O)c5[nH]c(=O)sc45)cc3)CC2)C1. The molecule has 0 radical (unpaired) electrons. The van der Waals surface area contributed by atoms with Gasteiger partial charge in [0.2, 0.25) is 0 Å². The van der Waals surface area contributed by atoms with E-state index in [9.17, 15) is 19.8 Å². The summed E-state index contributed by atoms with van der Waals surface area (Å²) >= 11 is 0.977. The molecule has 2 aliphatic heterocycles. The van der Waals surface area contributed by atoms with E-state index in [2.05, 4.69) is 15.2 Å². The zero-order valence-electron chi connectivity index (χ0n) is 24.7. The van der Waals surface area contributed by atoms with Gasteiger partial charge in [-0.1, -0.05) is 29.5 Å². The number of phenolic OH excluding ortho intramolecular Hbond substituents is 1. The normalized spacial score (nSPS) is 17.7. The smallest absolute Gasteiger partial charge is 0.305 e. The Morgan fingerprint density at radius 3 is 2.70 bits per heavy atom. The number of thiazole rings is 1. The van der Waals surface area contributed by atoms with Crippen LogP contribution < -0.4 is 14.9 Å². The van der Waals surface area contributed by atoms with Crippen LogP contribution in [0.4, 0.5) is 0 Å². The van der Waals surface area contributed by atoms with Crippen molar-refractivity contribution in [2.75, 3.05) is 52.5 Å². The van der Waals surface area contributed by atoms with Gasteiger partial charge in [0.25, 0.3) is 5.91 Å². The van der Waals surface area contributed by atoms with Crippen molar-refractivity contribution in [3.8, 4) is 11.5 Å². The number of nitrogens with zero attached hydrogens (tertiary/aromatic N) is 2. The predicted octanol–water partition coefficient (Wildman–Crippen LogP) is 3.41. The number of carbonyl (C=O) groups excluding carboxylic acids is 1. The molecule has 2 saturated heterocycles. The number of furan rings is 1. The van der Waals surface area contributed by atoms with E-state index < -0.39 is 6.10 Å². The van der Waals surface area contributed by atoms with Gasteiger partial charge in [0.1, 0.15) is 23.6 Å². The minimum Gasteiger partial charge on any atom is -0.506 e. The number of aromatic hydroxyl groups is 1. The maximum atomic E-state index is 13.0. The lowest BCUT2D eigenvalue weighted by Crippen LogP contribution is -2.58. The molecule has 2 aromatic carbocycles. The predicted molar refractivity (Wildman–Crippen MR) is 166 cm³/mol. The Morgan fingerprint density at radius 2 is 1.95 bits per heavy atom. The van der Waals surface area contributed by atoms with Gasteiger partial charge in [-0.05, 0) is 49.6 Å². The number of H-pyrrole nitrogens is 1. The number of hydrogen-bond acceptors (Lipinski definition) is 10. The molecule has 1 amide bonds. The number of aryl methyl sites for hydroxylation is 1. The minimum atomic E-state index is -0.825.